The Hall–Kier alpha value is -1.33. The molecular weight excluding hydrogens is 282 g/mol. The molecule has 1 aliphatic rings. The SMILES string of the molecule is CC(C)c1noc(CN2CCSC[C@@H]2c2ccccc2)n1. The van der Waals surface area contributed by atoms with E-state index in [0.29, 0.717) is 12.0 Å². The van der Waals surface area contributed by atoms with Gasteiger partial charge in [-0.05, 0) is 5.56 Å². The molecule has 4 nitrogen and oxygen atoms in total. The van der Waals surface area contributed by atoms with Crippen LogP contribution >= 0.6 is 11.8 Å². The fraction of sp³-hybridized carbons (Fsp3) is 0.500. The second-order valence-electron chi connectivity index (χ2n) is 5.67. The first-order valence-corrected chi connectivity index (χ1v) is 8.58. The van der Waals surface area contributed by atoms with E-state index in [-0.39, 0.29) is 0 Å². The maximum absolute atomic E-state index is 5.40. The lowest BCUT2D eigenvalue weighted by Crippen LogP contribution is -2.35. The van der Waals surface area contributed by atoms with E-state index in [4.69, 9.17) is 4.52 Å². The Kier molecular flexibility index (Phi) is 4.60. The van der Waals surface area contributed by atoms with Crippen molar-refractivity contribution in [2.45, 2.75) is 32.4 Å². The summed E-state index contributed by atoms with van der Waals surface area (Å²) in [4.78, 5) is 6.95. The number of benzene rings is 1. The van der Waals surface area contributed by atoms with E-state index in [1.54, 1.807) is 0 Å². The standard InChI is InChI=1S/C16H21N3OS/c1-12(2)16-17-15(20-18-16)10-19-8-9-21-11-14(19)13-6-4-3-5-7-13/h3-7,12,14H,8-11H2,1-2H3/t14-/m1/s1. The molecule has 0 saturated carbocycles. The van der Waals surface area contributed by atoms with Crippen LogP contribution in [0.3, 0.4) is 0 Å². The van der Waals surface area contributed by atoms with Crippen LogP contribution in [0.1, 0.15) is 43.1 Å². The van der Waals surface area contributed by atoms with Crippen molar-refractivity contribution in [3.63, 3.8) is 0 Å². The highest BCUT2D eigenvalue weighted by molar-refractivity contribution is 7.99. The first kappa shape index (κ1) is 14.6. The monoisotopic (exact) mass is 303 g/mol. The number of thioether (sulfide) groups is 1. The normalized spacial score (nSPS) is 20.0. The molecule has 1 aromatic heterocycles. The van der Waals surface area contributed by atoms with Crippen LogP contribution in [-0.2, 0) is 6.54 Å². The summed E-state index contributed by atoms with van der Waals surface area (Å²) < 4.78 is 5.40. The smallest absolute Gasteiger partial charge is 0.240 e. The minimum atomic E-state index is 0.310. The van der Waals surface area contributed by atoms with E-state index in [1.807, 2.05) is 11.8 Å². The molecular formula is C16H21N3OS. The van der Waals surface area contributed by atoms with Crippen LogP contribution in [0.2, 0.25) is 0 Å². The van der Waals surface area contributed by atoms with Crippen LogP contribution < -0.4 is 0 Å². The molecule has 1 aliphatic heterocycles. The Morgan fingerprint density at radius 1 is 1.33 bits per heavy atom. The average molecular weight is 303 g/mol. The van der Waals surface area contributed by atoms with E-state index in [2.05, 4.69) is 59.2 Å². The molecule has 1 fully saturated rings. The van der Waals surface area contributed by atoms with Crippen molar-refractivity contribution in [3.8, 4) is 0 Å². The summed E-state index contributed by atoms with van der Waals surface area (Å²) in [7, 11) is 0. The number of hydrogen-bond donors (Lipinski definition) is 0. The molecule has 1 atom stereocenters. The number of nitrogens with zero attached hydrogens (tertiary/aromatic N) is 3. The fourth-order valence-electron chi connectivity index (χ4n) is 2.55. The third-order valence-corrected chi connectivity index (χ3v) is 4.78. The molecule has 0 radical (unpaired) electrons. The zero-order chi connectivity index (χ0) is 14.7. The van der Waals surface area contributed by atoms with Crippen molar-refractivity contribution < 1.29 is 4.52 Å². The van der Waals surface area contributed by atoms with E-state index in [1.165, 1.54) is 5.56 Å². The molecule has 0 N–H and O–H groups in total. The number of rotatable bonds is 4. The summed E-state index contributed by atoms with van der Waals surface area (Å²) in [6, 6.07) is 11.1. The summed E-state index contributed by atoms with van der Waals surface area (Å²) in [5.41, 5.74) is 1.37. The Balaban J connectivity index is 1.75. The van der Waals surface area contributed by atoms with Crippen LogP contribution in [0, 0.1) is 0 Å². The van der Waals surface area contributed by atoms with Crippen molar-refractivity contribution in [2.75, 3.05) is 18.1 Å². The lowest BCUT2D eigenvalue weighted by molar-refractivity contribution is 0.183. The summed E-state index contributed by atoms with van der Waals surface area (Å²) in [6.07, 6.45) is 0. The molecule has 1 saturated heterocycles. The van der Waals surface area contributed by atoms with Crippen molar-refractivity contribution in [2.24, 2.45) is 0 Å². The van der Waals surface area contributed by atoms with E-state index >= 15 is 0 Å². The Bertz CT molecular complexity index is 570. The highest BCUT2D eigenvalue weighted by Crippen LogP contribution is 2.30. The van der Waals surface area contributed by atoms with Gasteiger partial charge in [-0.15, -0.1) is 0 Å². The first-order valence-electron chi connectivity index (χ1n) is 7.43. The van der Waals surface area contributed by atoms with Gasteiger partial charge in [-0.2, -0.15) is 16.7 Å². The van der Waals surface area contributed by atoms with Crippen molar-refractivity contribution in [1.29, 1.82) is 0 Å². The van der Waals surface area contributed by atoms with Crippen molar-refractivity contribution in [1.82, 2.24) is 15.0 Å². The number of hydrogen-bond acceptors (Lipinski definition) is 5. The molecule has 0 unspecified atom stereocenters. The van der Waals surface area contributed by atoms with Gasteiger partial charge in [0, 0.05) is 30.0 Å². The lowest BCUT2D eigenvalue weighted by Gasteiger charge is -2.34. The van der Waals surface area contributed by atoms with Gasteiger partial charge in [-0.25, -0.2) is 0 Å². The topological polar surface area (TPSA) is 42.2 Å². The van der Waals surface area contributed by atoms with Gasteiger partial charge in [0.25, 0.3) is 0 Å². The molecule has 3 rings (SSSR count). The molecule has 5 heteroatoms. The Labute approximate surface area is 129 Å². The van der Waals surface area contributed by atoms with Crippen LogP contribution in [0.4, 0.5) is 0 Å². The van der Waals surface area contributed by atoms with E-state index in [9.17, 15) is 0 Å². The number of aromatic nitrogens is 2. The van der Waals surface area contributed by atoms with Crippen LogP contribution in [0.15, 0.2) is 34.9 Å². The average Bonchev–Trinajstić information content (AvgIpc) is 2.98. The van der Waals surface area contributed by atoms with Gasteiger partial charge in [0.1, 0.15) is 0 Å². The molecule has 2 aromatic rings. The Morgan fingerprint density at radius 3 is 2.86 bits per heavy atom. The minimum Gasteiger partial charge on any atom is -0.338 e. The second-order valence-corrected chi connectivity index (χ2v) is 6.82. The van der Waals surface area contributed by atoms with Gasteiger partial charge < -0.3 is 4.52 Å². The molecule has 21 heavy (non-hydrogen) atoms. The highest BCUT2D eigenvalue weighted by atomic mass is 32.2. The van der Waals surface area contributed by atoms with Crippen LogP contribution in [0.25, 0.3) is 0 Å². The maximum Gasteiger partial charge on any atom is 0.240 e. The second kappa shape index (κ2) is 6.62. The molecule has 112 valence electrons. The summed E-state index contributed by atoms with van der Waals surface area (Å²) >= 11 is 2.01. The third-order valence-electron chi connectivity index (χ3n) is 3.76. The maximum atomic E-state index is 5.40. The molecule has 0 bridgehead atoms. The van der Waals surface area contributed by atoms with Gasteiger partial charge in [0.15, 0.2) is 5.82 Å². The van der Waals surface area contributed by atoms with Crippen LogP contribution in [0.5, 0.6) is 0 Å². The lowest BCUT2D eigenvalue weighted by atomic mass is 10.1. The zero-order valence-corrected chi connectivity index (χ0v) is 13.3. The minimum absolute atomic E-state index is 0.310. The first-order chi connectivity index (χ1) is 10.2. The summed E-state index contributed by atoms with van der Waals surface area (Å²) in [5.74, 6) is 4.12. The van der Waals surface area contributed by atoms with Gasteiger partial charge in [-0.3, -0.25) is 4.90 Å². The summed E-state index contributed by atoms with van der Waals surface area (Å²) in [5, 5.41) is 4.06. The molecule has 0 amide bonds. The van der Waals surface area contributed by atoms with Gasteiger partial charge >= 0.3 is 0 Å². The quantitative estimate of drug-likeness (QED) is 0.865. The van der Waals surface area contributed by atoms with Crippen LogP contribution in [-0.4, -0.2) is 33.1 Å². The molecule has 0 aliphatic carbocycles. The van der Waals surface area contributed by atoms with Crippen molar-refractivity contribution in [3.05, 3.63) is 47.6 Å². The molecule has 1 aromatic carbocycles. The fourth-order valence-corrected chi connectivity index (χ4v) is 3.71. The molecule has 2 heterocycles. The van der Waals surface area contributed by atoms with E-state index < -0.39 is 0 Å². The highest BCUT2D eigenvalue weighted by Gasteiger charge is 2.26. The predicted molar refractivity (Wildman–Crippen MR) is 85.3 cm³/mol. The van der Waals surface area contributed by atoms with E-state index in [0.717, 1.165) is 36.3 Å². The van der Waals surface area contributed by atoms with Gasteiger partial charge in [-0.1, -0.05) is 49.3 Å². The third kappa shape index (κ3) is 3.47. The Morgan fingerprint density at radius 2 is 2.14 bits per heavy atom. The largest absolute Gasteiger partial charge is 0.338 e. The van der Waals surface area contributed by atoms with Gasteiger partial charge in [0.05, 0.1) is 6.54 Å². The van der Waals surface area contributed by atoms with Crippen molar-refractivity contribution >= 4 is 11.8 Å². The summed E-state index contributed by atoms with van der Waals surface area (Å²) in [6.45, 7) is 5.96. The van der Waals surface area contributed by atoms with Gasteiger partial charge in [0.2, 0.25) is 5.89 Å². The molecule has 0 spiro atoms. The predicted octanol–water partition coefficient (Wildman–Crippen LogP) is 3.48. The zero-order valence-electron chi connectivity index (χ0n) is 12.5.